The number of aromatic nitrogens is 4. The molecule has 0 atom stereocenters. The summed E-state index contributed by atoms with van der Waals surface area (Å²) in [5, 5.41) is 5.17. The number of nitrogens with one attached hydrogen (secondary N) is 1. The molecule has 0 bridgehead atoms. The third-order valence-corrected chi connectivity index (χ3v) is 5.98. The second-order valence-electron chi connectivity index (χ2n) is 8.10. The highest BCUT2D eigenvalue weighted by Gasteiger charge is 2.16. The van der Waals surface area contributed by atoms with Crippen molar-refractivity contribution in [3.8, 4) is 11.3 Å². The van der Waals surface area contributed by atoms with E-state index in [2.05, 4.69) is 38.1 Å². The average Bonchev–Trinajstić information content (AvgIpc) is 3.32. The summed E-state index contributed by atoms with van der Waals surface area (Å²) in [5.41, 5.74) is 4.91. The molecule has 0 fully saturated rings. The molecule has 0 saturated heterocycles. The first-order valence-corrected chi connectivity index (χ1v) is 10.5. The van der Waals surface area contributed by atoms with Gasteiger partial charge in [0.25, 0.3) is 0 Å². The Hall–Kier alpha value is -3.74. The number of aryl methyl sites for hydroxylation is 3. The zero-order valence-electron chi connectivity index (χ0n) is 18.2. The maximum absolute atomic E-state index is 14.5. The van der Waals surface area contributed by atoms with Crippen molar-refractivity contribution in [2.24, 2.45) is 7.05 Å². The van der Waals surface area contributed by atoms with E-state index < -0.39 is 11.6 Å². The van der Waals surface area contributed by atoms with Gasteiger partial charge in [-0.25, -0.2) is 18.7 Å². The Balaban J connectivity index is 1.37. The molecule has 0 spiro atoms. The summed E-state index contributed by atoms with van der Waals surface area (Å²) in [5.74, 6) is -0.947. The molecule has 0 aliphatic rings. The summed E-state index contributed by atoms with van der Waals surface area (Å²) < 4.78 is 32.4. The summed E-state index contributed by atoms with van der Waals surface area (Å²) in [6.07, 6.45) is 3.56. The minimum atomic E-state index is -0.821. The summed E-state index contributed by atoms with van der Waals surface area (Å²) >= 11 is 0. The minimum Gasteiger partial charge on any atom is -0.368 e. The van der Waals surface area contributed by atoms with Crippen LogP contribution >= 0.6 is 0 Å². The lowest BCUT2D eigenvalue weighted by Gasteiger charge is -2.12. The topological polar surface area (TPSA) is 47.7 Å². The SMILES string of the molecule is Cc1cc(F)c(F)c2c1cc(C)n2CCNc1cc(-c2ccc3c(ccn3C)c2)ncn1. The summed E-state index contributed by atoms with van der Waals surface area (Å²) in [7, 11) is 2.02. The Morgan fingerprint density at radius 1 is 1.00 bits per heavy atom. The number of benzene rings is 2. The molecule has 5 rings (SSSR count). The predicted octanol–water partition coefficient (Wildman–Crippen LogP) is 5.60. The third-order valence-electron chi connectivity index (χ3n) is 5.98. The second-order valence-corrected chi connectivity index (χ2v) is 8.10. The molecule has 0 radical (unpaired) electrons. The molecule has 5 aromatic rings. The Morgan fingerprint density at radius 3 is 2.69 bits per heavy atom. The van der Waals surface area contributed by atoms with Crippen molar-refractivity contribution < 1.29 is 8.78 Å². The molecule has 0 aliphatic heterocycles. The van der Waals surface area contributed by atoms with Gasteiger partial charge >= 0.3 is 0 Å². The van der Waals surface area contributed by atoms with Crippen molar-refractivity contribution in [1.29, 1.82) is 0 Å². The zero-order valence-corrected chi connectivity index (χ0v) is 18.2. The van der Waals surface area contributed by atoms with Gasteiger partial charge in [-0.1, -0.05) is 6.07 Å². The maximum atomic E-state index is 14.5. The van der Waals surface area contributed by atoms with Gasteiger partial charge in [-0.05, 0) is 49.7 Å². The maximum Gasteiger partial charge on any atom is 0.183 e. The summed E-state index contributed by atoms with van der Waals surface area (Å²) in [6.45, 7) is 4.68. The molecule has 3 aromatic heterocycles. The van der Waals surface area contributed by atoms with Crippen LogP contribution in [0.2, 0.25) is 0 Å². The van der Waals surface area contributed by atoms with E-state index in [1.807, 2.05) is 38.4 Å². The standard InChI is InChI=1S/C25H23F2N5/c1-15-10-20(26)24(27)25-19(15)11-16(2)32(25)9-7-28-23-13-21(29-14-30-23)17-4-5-22-18(12-17)6-8-31(22)3/h4-6,8,10-14H,7,9H2,1-3H3,(H,28,29,30). The molecule has 3 heterocycles. The number of hydrogen-bond donors (Lipinski definition) is 1. The van der Waals surface area contributed by atoms with Crippen molar-refractivity contribution in [3.05, 3.63) is 77.9 Å². The highest BCUT2D eigenvalue weighted by molar-refractivity contribution is 5.86. The molecule has 0 unspecified atom stereocenters. The number of rotatable bonds is 5. The monoisotopic (exact) mass is 431 g/mol. The smallest absolute Gasteiger partial charge is 0.183 e. The van der Waals surface area contributed by atoms with Crippen LogP contribution < -0.4 is 5.32 Å². The van der Waals surface area contributed by atoms with Gasteiger partial charge in [-0.15, -0.1) is 0 Å². The fraction of sp³-hybridized carbons (Fsp3) is 0.200. The van der Waals surface area contributed by atoms with Crippen LogP contribution in [0.15, 0.2) is 55.0 Å². The normalized spacial score (nSPS) is 11.5. The van der Waals surface area contributed by atoms with Gasteiger partial charge < -0.3 is 14.5 Å². The first-order chi connectivity index (χ1) is 15.4. The molecule has 7 heteroatoms. The van der Waals surface area contributed by atoms with E-state index in [9.17, 15) is 8.78 Å². The molecule has 32 heavy (non-hydrogen) atoms. The molecule has 1 N–H and O–H groups in total. The minimum absolute atomic E-state index is 0.307. The van der Waals surface area contributed by atoms with Crippen molar-refractivity contribution in [3.63, 3.8) is 0 Å². The summed E-state index contributed by atoms with van der Waals surface area (Å²) in [6, 6.07) is 13.3. The Morgan fingerprint density at radius 2 is 1.84 bits per heavy atom. The van der Waals surface area contributed by atoms with Crippen LogP contribution in [-0.4, -0.2) is 25.6 Å². The average molecular weight is 431 g/mol. The fourth-order valence-electron chi connectivity index (χ4n) is 4.30. The first-order valence-electron chi connectivity index (χ1n) is 10.5. The third kappa shape index (κ3) is 3.39. The predicted molar refractivity (Wildman–Crippen MR) is 124 cm³/mol. The lowest BCUT2D eigenvalue weighted by Crippen LogP contribution is -2.13. The number of nitrogens with zero attached hydrogens (tertiary/aromatic N) is 4. The van der Waals surface area contributed by atoms with Crippen LogP contribution in [0.25, 0.3) is 33.1 Å². The molecule has 162 valence electrons. The van der Waals surface area contributed by atoms with Gasteiger partial charge in [-0.2, -0.15) is 0 Å². The van der Waals surface area contributed by atoms with Crippen molar-refractivity contribution in [1.82, 2.24) is 19.1 Å². The van der Waals surface area contributed by atoms with E-state index in [-0.39, 0.29) is 0 Å². The zero-order chi connectivity index (χ0) is 22.4. The van der Waals surface area contributed by atoms with E-state index >= 15 is 0 Å². The molecule has 5 nitrogen and oxygen atoms in total. The van der Waals surface area contributed by atoms with Gasteiger partial charge in [0.1, 0.15) is 12.1 Å². The Kier molecular flexibility index (Phi) is 4.89. The molecule has 0 saturated carbocycles. The van der Waals surface area contributed by atoms with E-state index in [4.69, 9.17) is 0 Å². The van der Waals surface area contributed by atoms with Crippen LogP contribution in [0.4, 0.5) is 14.6 Å². The fourth-order valence-corrected chi connectivity index (χ4v) is 4.30. The second kappa shape index (κ2) is 7.75. The Labute approximate surface area is 184 Å². The van der Waals surface area contributed by atoms with Crippen molar-refractivity contribution in [2.45, 2.75) is 20.4 Å². The number of anilines is 1. The molecular weight excluding hydrogens is 408 g/mol. The van der Waals surface area contributed by atoms with Gasteiger partial charge in [0.05, 0.1) is 11.2 Å². The van der Waals surface area contributed by atoms with Crippen molar-refractivity contribution >= 4 is 27.6 Å². The highest BCUT2D eigenvalue weighted by Crippen LogP contribution is 2.28. The van der Waals surface area contributed by atoms with Crippen LogP contribution in [0.1, 0.15) is 11.3 Å². The van der Waals surface area contributed by atoms with Crippen LogP contribution in [0.5, 0.6) is 0 Å². The number of hydrogen-bond acceptors (Lipinski definition) is 3. The van der Waals surface area contributed by atoms with Crippen LogP contribution in [0, 0.1) is 25.5 Å². The van der Waals surface area contributed by atoms with Gasteiger partial charge in [0.15, 0.2) is 11.6 Å². The molecule has 2 aromatic carbocycles. The lowest BCUT2D eigenvalue weighted by atomic mass is 10.1. The van der Waals surface area contributed by atoms with Crippen LogP contribution in [-0.2, 0) is 13.6 Å². The van der Waals surface area contributed by atoms with E-state index in [0.29, 0.717) is 24.4 Å². The molecule has 0 aliphatic carbocycles. The van der Waals surface area contributed by atoms with Crippen molar-refractivity contribution in [2.75, 3.05) is 11.9 Å². The number of halogens is 2. The van der Waals surface area contributed by atoms with E-state index in [1.54, 1.807) is 11.5 Å². The van der Waals surface area contributed by atoms with Crippen LogP contribution in [0.3, 0.4) is 0 Å². The molecule has 0 amide bonds. The van der Waals surface area contributed by atoms with Gasteiger partial charge in [0, 0.05) is 59.9 Å². The van der Waals surface area contributed by atoms with Gasteiger partial charge in [0.2, 0.25) is 0 Å². The Bertz CT molecular complexity index is 1460. The quantitative estimate of drug-likeness (QED) is 0.394. The van der Waals surface area contributed by atoms with E-state index in [0.717, 1.165) is 38.8 Å². The van der Waals surface area contributed by atoms with Gasteiger partial charge in [-0.3, -0.25) is 0 Å². The lowest BCUT2D eigenvalue weighted by molar-refractivity contribution is 0.510. The number of fused-ring (bicyclic) bond motifs is 2. The largest absolute Gasteiger partial charge is 0.368 e. The summed E-state index contributed by atoms with van der Waals surface area (Å²) in [4.78, 5) is 8.72. The van der Waals surface area contributed by atoms with E-state index in [1.165, 1.54) is 12.4 Å². The highest BCUT2D eigenvalue weighted by atomic mass is 19.2. The molecular formula is C25H23F2N5. The first kappa shape index (κ1) is 20.2.